The Kier molecular flexibility index (Phi) is 6.19. The van der Waals surface area contributed by atoms with Gasteiger partial charge in [-0.15, -0.1) is 0 Å². The van der Waals surface area contributed by atoms with E-state index in [9.17, 15) is 13.2 Å². The van der Waals surface area contributed by atoms with Gasteiger partial charge in [-0.2, -0.15) is 0 Å². The lowest BCUT2D eigenvalue weighted by molar-refractivity contribution is -0.0586. The minimum Gasteiger partial charge on any atom is -0.372 e. The first-order valence-corrected chi connectivity index (χ1v) is 10.9. The van der Waals surface area contributed by atoms with E-state index in [0.29, 0.717) is 23.8 Å². The molecular formula is C19H20Cl2N2O4S. The molecule has 28 heavy (non-hydrogen) atoms. The van der Waals surface area contributed by atoms with E-state index in [4.69, 9.17) is 27.9 Å². The van der Waals surface area contributed by atoms with Gasteiger partial charge in [0.1, 0.15) is 4.90 Å². The number of amides is 1. The van der Waals surface area contributed by atoms with E-state index >= 15 is 0 Å². The van der Waals surface area contributed by atoms with Gasteiger partial charge in [0.25, 0.3) is 15.9 Å². The Bertz CT molecular complexity index is 970. The third-order valence-electron chi connectivity index (χ3n) is 4.27. The quantitative estimate of drug-likeness (QED) is 0.774. The van der Waals surface area contributed by atoms with Gasteiger partial charge < -0.3 is 9.64 Å². The molecule has 1 N–H and O–H groups in total. The van der Waals surface area contributed by atoms with Crippen LogP contribution in [-0.2, 0) is 14.8 Å². The summed E-state index contributed by atoms with van der Waals surface area (Å²) < 4.78 is 33.7. The normalized spacial score (nSPS) is 20.1. The van der Waals surface area contributed by atoms with Crippen molar-refractivity contribution < 1.29 is 17.9 Å². The Labute approximate surface area is 174 Å². The van der Waals surface area contributed by atoms with E-state index in [1.54, 1.807) is 29.2 Å². The number of rotatable bonds is 4. The largest absolute Gasteiger partial charge is 0.372 e. The molecule has 2 aromatic carbocycles. The van der Waals surface area contributed by atoms with E-state index in [1.165, 1.54) is 18.2 Å². The monoisotopic (exact) mass is 442 g/mol. The minimum atomic E-state index is -3.99. The predicted octanol–water partition coefficient (Wildman–Crippen LogP) is 4.04. The van der Waals surface area contributed by atoms with Gasteiger partial charge in [0.2, 0.25) is 0 Å². The second-order valence-electron chi connectivity index (χ2n) is 6.73. The van der Waals surface area contributed by atoms with Crippen molar-refractivity contribution in [3.05, 3.63) is 58.1 Å². The zero-order valence-electron chi connectivity index (χ0n) is 15.4. The summed E-state index contributed by atoms with van der Waals surface area (Å²) in [5.41, 5.74) is 0.593. The minimum absolute atomic E-state index is 0.0294. The number of hydrogen-bond donors (Lipinski definition) is 1. The van der Waals surface area contributed by atoms with E-state index in [2.05, 4.69) is 4.72 Å². The summed E-state index contributed by atoms with van der Waals surface area (Å²) in [6, 6.07) is 10.5. The van der Waals surface area contributed by atoms with Crippen molar-refractivity contribution in [2.24, 2.45) is 0 Å². The van der Waals surface area contributed by atoms with Gasteiger partial charge >= 0.3 is 0 Å². The summed E-state index contributed by atoms with van der Waals surface area (Å²) in [5.74, 6) is -0.262. The van der Waals surface area contributed by atoms with Crippen molar-refractivity contribution in [1.29, 1.82) is 0 Å². The molecule has 2 aromatic rings. The molecule has 3 rings (SSSR count). The maximum Gasteiger partial charge on any atom is 0.263 e. The highest BCUT2D eigenvalue weighted by Gasteiger charge is 2.28. The van der Waals surface area contributed by atoms with Crippen molar-refractivity contribution in [3.63, 3.8) is 0 Å². The van der Waals surface area contributed by atoms with Crippen molar-refractivity contribution in [3.8, 4) is 0 Å². The lowest BCUT2D eigenvalue weighted by Gasteiger charge is -2.35. The number of ether oxygens (including phenoxy) is 1. The summed E-state index contributed by atoms with van der Waals surface area (Å²) >= 11 is 11.9. The van der Waals surface area contributed by atoms with Gasteiger partial charge in [-0.3, -0.25) is 9.52 Å². The number of hydrogen-bond acceptors (Lipinski definition) is 4. The summed E-state index contributed by atoms with van der Waals surface area (Å²) in [6.07, 6.45) is -0.176. The first kappa shape index (κ1) is 20.9. The molecule has 2 unspecified atom stereocenters. The van der Waals surface area contributed by atoms with Crippen LogP contribution in [0.25, 0.3) is 0 Å². The molecule has 1 aliphatic rings. The van der Waals surface area contributed by atoms with Crippen LogP contribution in [0.1, 0.15) is 24.2 Å². The first-order valence-electron chi connectivity index (χ1n) is 8.68. The van der Waals surface area contributed by atoms with Gasteiger partial charge in [0.05, 0.1) is 17.2 Å². The van der Waals surface area contributed by atoms with Crippen LogP contribution in [0.2, 0.25) is 10.0 Å². The van der Waals surface area contributed by atoms with Crippen LogP contribution in [-0.4, -0.2) is 44.5 Å². The summed E-state index contributed by atoms with van der Waals surface area (Å²) in [7, 11) is -3.99. The van der Waals surface area contributed by atoms with Crippen LogP contribution in [0.3, 0.4) is 0 Å². The number of sulfonamides is 1. The standard InChI is InChI=1S/C19H20Cl2N2O4S/c1-12-10-23(11-13(2)27-12)19(24)14-3-8-17(21)18(9-14)28(25,26)22-16-6-4-15(20)5-7-16/h3-9,12-13,22H,10-11H2,1-2H3. The van der Waals surface area contributed by atoms with Gasteiger partial charge in [-0.25, -0.2) is 8.42 Å². The third-order valence-corrected chi connectivity index (χ3v) is 6.39. The molecule has 1 amide bonds. The zero-order chi connectivity index (χ0) is 20.5. The highest BCUT2D eigenvalue weighted by Crippen LogP contribution is 2.26. The Morgan fingerprint density at radius 2 is 1.68 bits per heavy atom. The van der Waals surface area contributed by atoms with Crippen LogP contribution in [0, 0.1) is 0 Å². The first-order chi connectivity index (χ1) is 13.2. The summed E-state index contributed by atoms with van der Waals surface area (Å²) in [4.78, 5) is 14.4. The lowest BCUT2D eigenvalue weighted by atomic mass is 10.1. The number of nitrogens with zero attached hydrogens (tertiary/aromatic N) is 1. The zero-order valence-corrected chi connectivity index (χ0v) is 17.7. The smallest absolute Gasteiger partial charge is 0.263 e. The molecule has 0 aliphatic carbocycles. The fraction of sp³-hybridized carbons (Fsp3) is 0.316. The van der Waals surface area contributed by atoms with Crippen LogP contribution >= 0.6 is 23.2 Å². The van der Waals surface area contributed by atoms with Gasteiger partial charge in [0, 0.05) is 29.4 Å². The Morgan fingerprint density at radius 1 is 1.07 bits per heavy atom. The van der Waals surface area contributed by atoms with Crippen molar-refractivity contribution in [2.75, 3.05) is 17.8 Å². The number of benzene rings is 2. The molecule has 2 atom stereocenters. The van der Waals surface area contributed by atoms with E-state index in [1.807, 2.05) is 13.8 Å². The average Bonchev–Trinajstić information content (AvgIpc) is 2.62. The van der Waals surface area contributed by atoms with E-state index in [-0.39, 0.29) is 33.6 Å². The number of anilines is 1. The summed E-state index contributed by atoms with van der Waals surface area (Å²) in [6.45, 7) is 4.67. The molecule has 0 bridgehead atoms. The molecule has 6 nitrogen and oxygen atoms in total. The molecule has 1 saturated heterocycles. The highest BCUT2D eigenvalue weighted by atomic mass is 35.5. The highest BCUT2D eigenvalue weighted by molar-refractivity contribution is 7.92. The Balaban J connectivity index is 1.88. The molecular weight excluding hydrogens is 423 g/mol. The second-order valence-corrected chi connectivity index (χ2v) is 9.22. The molecule has 1 aliphatic heterocycles. The average molecular weight is 443 g/mol. The maximum atomic E-state index is 12.9. The van der Waals surface area contributed by atoms with Gasteiger partial charge in [-0.1, -0.05) is 23.2 Å². The number of nitrogens with one attached hydrogen (secondary N) is 1. The van der Waals surface area contributed by atoms with Crippen LogP contribution in [0.4, 0.5) is 5.69 Å². The molecule has 0 spiro atoms. The van der Waals surface area contributed by atoms with Gasteiger partial charge in [-0.05, 0) is 56.3 Å². The van der Waals surface area contributed by atoms with Crippen LogP contribution < -0.4 is 4.72 Å². The number of carbonyl (C=O) groups excluding carboxylic acids is 1. The maximum absolute atomic E-state index is 12.9. The van der Waals surface area contributed by atoms with Crippen molar-refractivity contribution in [1.82, 2.24) is 4.90 Å². The number of carbonyl (C=O) groups is 1. The Morgan fingerprint density at radius 3 is 2.29 bits per heavy atom. The summed E-state index contributed by atoms with van der Waals surface area (Å²) in [5, 5.41) is 0.518. The van der Waals surface area contributed by atoms with Crippen LogP contribution in [0.5, 0.6) is 0 Å². The number of halogens is 2. The Hall–Kier alpha value is -1.80. The fourth-order valence-corrected chi connectivity index (χ4v) is 4.81. The molecule has 0 saturated carbocycles. The van der Waals surface area contributed by atoms with E-state index < -0.39 is 10.0 Å². The molecule has 0 aromatic heterocycles. The second kappa shape index (κ2) is 8.29. The van der Waals surface area contributed by atoms with Gasteiger partial charge in [0.15, 0.2) is 0 Å². The SMILES string of the molecule is CC1CN(C(=O)c2ccc(Cl)c(S(=O)(=O)Nc3ccc(Cl)cc3)c2)CC(C)O1. The topological polar surface area (TPSA) is 75.7 Å². The molecule has 9 heteroatoms. The van der Waals surface area contributed by atoms with Crippen molar-refractivity contribution >= 4 is 44.8 Å². The van der Waals surface area contributed by atoms with Crippen molar-refractivity contribution in [2.45, 2.75) is 31.0 Å². The molecule has 0 radical (unpaired) electrons. The van der Waals surface area contributed by atoms with Crippen LogP contribution in [0.15, 0.2) is 47.4 Å². The molecule has 1 heterocycles. The van der Waals surface area contributed by atoms with E-state index in [0.717, 1.165) is 0 Å². The lowest BCUT2D eigenvalue weighted by Crippen LogP contribution is -2.48. The predicted molar refractivity (Wildman–Crippen MR) is 110 cm³/mol. The molecule has 150 valence electrons. The number of morpholine rings is 1. The third kappa shape index (κ3) is 4.78. The fourth-order valence-electron chi connectivity index (χ4n) is 3.10. The molecule has 1 fully saturated rings.